The van der Waals surface area contributed by atoms with Crippen LogP contribution in [0.3, 0.4) is 0 Å². The summed E-state index contributed by atoms with van der Waals surface area (Å²) >= 11 is 5.84. The maximum absolute atomic E-state index is 11.8. The summed E-state index contributed by atoms with van der Waals surface area (Å²) in [5.74, 6) is -1.70. The van der Waals surface area contributed by atoms with Crippen molar-refractivity contribution in [3.05, 3.63) is 70.5 Å². The van der Waals surface area contributed by atoms with Gasteiger partial charge in [0.2, 0.25) is 0 Å². The topological polar surface area (TPSA) is 59.4 Å². The number of aliphatic carboxylic acids is 1. The van der Waals surface area contributed by atoms with Gasteiger partial charge in [-0.15, -0.1) is 0 Å². The third-order valence-corrected chi connectivity index (χ3v) is 4.50. The largest absolute Gasteiger partial charge is 0.481 e. The van der Waals surface area contributed by atoms with Crippen LogP contribution in [0.1, 0.15) is 16.7 Å². The molecule has 0 spiro atoms. The summed E-state index contributed by atoms with van der Waals surface area (Å²) in [4.78, 5) is 15.9. The van der Waals surface area contributed by atoms with Gasteiger partial charge in [-0.1, -0.05) is 54.1 Å². The molecule has 0 saturated heterocycles. The SMILES string of the molecule is COC1(Cc2ccc(Cl)nc2)c2ccccc2C=CC1C(=O)O. The van der Waals surface area contributed by atoms with Crippen molar-refractivity contribution in [1.29, 1.82) is 0 Å². The van der Waals surface area contributed by atoms with Gasteiger partial charge in [-0.3, -0.25) is 4.79 Å². The van der Waals surface area contributed by atoms with Gasteiger partial charge in [-0.25, -0.2) is 4.98 Å². The summed E-state index contributed by atoms with van der Waals surface area (Å²) in [6, 6.07) is 11.2. The number of benzene rings is 1. The number of pyridine rings is 1. The Balaban J connectivity index is 2.13. The summed E-state index contributed by atoms with van der Waals surface area (Å²) in [6.45, 7) is 0. The van der Waals surface area contributed by atoms with Crippen LogP contribution in [0.15, 0.2) is 48.7 Å². The van der Waals surface area contributed by atoms with E-state index in [0.717, 1.165) is 16.7 Å². The van der Waals surface area contributed by atoms with Gasteiger partial charge in [0, 0.05) is 19.7 Å². The first-order chi connectivity index (χ1) is 11.1. The number of carboxylic acids is 1. The number of carbonyl (C=O) groups is 1. The number of methoxy groups -OCH3 is 1. The highest BCUT2D eigenvalue weighted by atomic mass is 35.5. The predicted molar refractivity (Wildman–Crippen MR) is 88.2 cm³/mol. The van der Waals surface area contributed by atoms with Crippen molar-refractivity contribution in [3.63, 3.8) is 0 Å². The number of aromatic nitrogens is 1. The van der Waals surface area contributed by atoms with E-state index < -0.39 is 17.5 Å². The predicted octanol–water partition coefficient (Wildman–Crippen LogP) is 3.55. The third-order valence-electron chi connectivity index (χ3n) is 4.27. The molecule has 2 unspecified atom stereocenters. The Hall–Kier alpha value is -2.17. The molecule has 2 atom stereocenters. The van der Waals surface area contributed by atoms with E-state index in [1.807, 2.05) is 36.4 Å². The first kappa shape index (κ1) is 15.7. The molecule has 0 fully saturated rings. The lowest BCUT2D eigenvalue weighted by Crippen LogP contribution is -2.44. The smallest absolute Gasteiger partial charge is 0.313 e. The Bertz CT molecular complexity index is 757. The van der Waals surface area contributed by atoms with E-state index >= 15 is 0 Å². The Morgan fingerprint density at radius 3 is 2.78 bits per heavy atom. The normalized spacial score (nSPS) is 22.6. The fourth-order valence-electron chi connectivity index (χ4n) is 3.16. The standard InChI is InChI=1S/C18H16ClNO3/c1-23-18(10-12-6-9-16(19)20-11-12)14-5-3-2-4-13(14)7-8-15(18)17(21)22/h2-9,11,15H,10H2,1H3,(H,21,22). The minimum Gasteiger partial charge on any atom is -0.481 e. The summed E-state index contributed by atoms with van der Waals surface area (Å²) in [5, 5.41) is 10.1. The van der Waals surface area contributed by atoms with Crippen molar-refractivity contribution in [3.8, 4) is 0 Å². The van der Waals surface area contributed by atoms with Gasteiger partial charge in [0.05, 0.1) is 0 Å². The van der Waals surface area contributed by atoms with Crippen LogP contribution >= 0.6 is 11.6 Å². The number of hydrogen-bond acceptors (Lipinski definition) is 3. The van der Waals surface area contributed by atoms with Crippen LogP contribution in [0.25, 0.3) is 6.08 Å². The number of fused-ring (bicyclic) bond motifs is 1. The summed E-state index contributed by atoms with van der Waals surface area (Å²) in [6.07, 6.45) is 5.58. The molecular formula is C18H16ClNO3. The lowest BCUT2D eigenvalue weighted by molar-refractivity contribution is -0.152. The minimum absolute atomic E-state index is 0.395. The van der Waals surface area contributed by atoms with Gasteiger partial charge in [0.15, 0.2) is 0 Å². The van der Waals surface area contributed by atoms with Gasteiger partial charge in [-0.05, 0) is 22.8 Å². The van der Waals surface area contributed by atoms with Gasteiger partial charge in [0.25, 0.3) is 0 Å². The second-order valence-corrected chi connectivity index (χ2v) is 5.91. The molecule has 1 N–H and O–H groups in total. The van der Waals surface area contributed by atoms with E-state index in [1.165, 1.54) is 0 Å². The number of nitrogens with zero attached hydrogens (tertiary/aromatic N) is 1. The van der Waals surface area contributed by atoms with Crippen LogP contribution in [0.4, 0.5) is 0 Å². The molecule has 2 aromatic rings. The van der Waals surface area contributed by atoms with Crippen LogP contribution in [-0.2, 0) is 21.6 Å². The highest BCUT2D eigenvalue weighted by Gasteiger charge is 2.46. The van der Waals surface area contributed by atoms with E-state index in [-0.39, 0.29) is 0 Å². The van der Waals surface area contributed by atoms with Gasteiger partial charge < -0.3 is 9.84 Å². The quantitative estimate of drug-likeness (QED) is 0.871. The van der Waals surface area contributed by atoms with E-state index in [9.17, 15) is 9.90 Å². The molecule has 118 valence electrons. The van der Waals surface area contributed by atoms with Crippen molar-refractivity contribution in [2.75, 3.05) is 7.11 Å². The van der Waals surface area contributed by atoms with Crippen LogP contribution in [-0.4, -0.2) is 23.2 Å². The Kier molecular flexibility index (Phi) is 4.20. The van der Waals surface area contributed by atoms with Crippen molar-refractivity contribution in [2.45, 2.75) is 12.0 Å². The van der Waals surface area contributed by atoms with Crippen molar-refractivity contribution in [2.24, 2.45) is 5.92 Å². The Morgan fingerprint density at radius 1 is 1.35 bits per heavy atom. The van der Waals surface area contributed by atoms with Gasteiger partial charge in [0.1, 0.15) is 16.7 Å². The zero-order valence-electron chi connectivity index (χ0n) is 12.6. The number of hydrogen-bond donors (Lipinski definition) is 1. The monoisotopic (exact) mass is 329 g/mol. The van der Waals surface area contributed by atoms with Crippen LogP contribution in [0.5, 0.6) is 0 Å². The van der Waals surface area contributed by atoms with Gasteiger partial charge in [-0.2, -0.15) is 0 Å². The molecule has 23 heavy (non-hydrogen) atoms. The van der Waals surface area contributed by atoms with Gasteiger partial charge >= 0.3 is 5.97 Å². The Labute approximate surface area is 139 Å². The average Bonchev–Trinajstić information content (AvgIpc) is 2.56. The molecule has 0 amide bonds. The molecule has 4 nitrogen and oxygen atoms in total. The Morgan fingerprint density at radius 2 is 2.13 bits per heavy atom. The van der Waals surface area contributed by atoms with Crippen LogP contribution in [0, 0.1) is 5.92 Å². The molecule has 0 saturated carbocycles. The molecular weight excluding hydrogens is 314 g/mol. The fourth-order valence-corrected chi connectivity index (χ4v) is 3.27. The second-order valence-electron chi connectivity index (χ2n) is 5.52. The van der Waals surface area contributed by atoms with E-state index in [1.54, 1.807) is 25.4 Å². The summed E-state index contributed by atoms with van der Waals surface area (Å²) in [7, 11) is 1.55. The number of halogens is 1. The summed E-state index contributed by atoms with van der Waals surface area (Å²) < 4.78 is 5.82. The highest BCUT2D eigenvalue weighted by Crippen LogP contribution is 2.43. The molecule has 1 aromatic heterocycles. The highest BCUT2D eigenvalue weighted by molar-refractivity contribution is 6.29. The van der Waals surface area contributed by atoms with E-state index in [4.69, 9.17) is 16.3 Å². The lowest BCUT2D eigenvalue weighted by Gasteiger charge is -2.40. The molecule has 1 aromatic carbocycles. The fraction of sp³-hybridized carbons (Fsp3) is 0.222. The molecule has 1 aliphatic carbocycles. The van der Waals surface area contributed by atoms with Crippen LogP contribution in [0.2, 0.25) is 5.15 Å². The maximum Gasteiger partial charge on any atom is 0.313 e. The second kappa shape index (κ2) is 6.14. The molecule has 0 radical (unpaired) electrons. The van der Waals surface area contributed by atoms with Crippen molar-refractivity contribution >= 4 is 23.6 Å². The first-order valence-corrected chi connectivity index (χ1v) is 7.61. The maximum atomic E-state index is 11.8. The van der Waals surface area contributed by atoms with Crippen molar-refractivity contribution < 1.29 is 14.6 Å². The zero-order valence-corrected chi connectivity index (χ0v) is 13.3. The molecule has 5 heteroatoms. The van der Waals surface area contributed by atoms with Crippen molar-refractivity contribution in [1.82, 2.24) is 4.98 Å². The van der Waals surface area contributed by atoms with Crippen LogP contribution < -0.4 is 0 Å². The lowest BCUT2D eigenvalue weighted by atomic mass is 9.72. The summed E-state index contributed by atoms with van der Waals surface area (Å²) in [5.41, 5.74) is 1.72. The molecule has 0 bridgehead atoms. The number of ether oxygens (including phenoxy) is 1. The molecule has 3 rings (SSSR count). The minimum atomic E-state index is -0.979. The van der Waals surface area contributed by atoms with E-state index in [0.29, 0.717) is 11.6 Å². The third kappa shape index (κ3) is 2.76. The number of rotatable bonds is 4. The van der Waals surface area contributed by atoms with E-state index in [2.05, 4.69) is 4.98 Å². The average molecular weight is 330 g/mol. The first-order valence-electron chi connectivity index (χ1n) is 7.23. The molecule has 1 aliphatic rings. The molecule has 0 aliphatic heterocycles. The zero-order chi connectivity index (χ0) is 16.4. The number of carboxylic acid groups (broad SMARTS) is 1. The molecule has 1 heterocycles.